The van der Waals surface area contributed by atoms with Gasteiger partial charge in [0, 0.05) is 16.8 Å². The van der Waals surface area contributed by atoms with E-state index < -0.39 is 0 Å². The van der Waals surface area contributed by atoms with E-state index in [1.807, 2.05) is 24.3 Å². The Hall–Kier alpha value is -2.17. The first-order chi connectivity index (χ1) is 11.7. The van der Waals surface area contributed by atoms with Gasteiger partial charge in [-0.05, 0) is 50.0 Å². The van der Waals surface area contributed by atoms with Crippen LogP contribution in [0.25, 0.3) is 10.8 Å². The Morgan fingerprint density at radius 3 is 3.00 bits per heavy atom. The van der Waals surface area contributed by atoms with Gasteiger partial charge in [-0.3, -0.25) is 4.79 Å². The maximum atomic E-state index is 12.2. The average Bonchev–Trinajstić information content (AvgIpc) is 3.23. The van der Waals surface area contributed by atoms with Crippen molar-refractivity contribution in [3.8, 4) is 5.88 Å². The van der Waals surface area contributed by atoms with Crippen molar-refractivity contribution in [1.82, 2.24) is 15.5 Å². The molecule has 1 N–H and O–H groups in total. The van der Waals surface area contributed by atoms with Gasteiger partial charge in [-0.1, -0.05) is 24.6 Å². The van der Waals surface area contributed by atoms with Crippen LogP contribution >= 0.6 is 0 Å². The van der Waals surface area contributed by atoms with E-state index in [1.165, 1.54) is 25.7 Å². The Kier molecular flexibility index (Phi) is 4.08. The molecule has 2 aliphatic rings. The second kappa shape index (κ2) is 6.38. The lowest BCUT2D eigenvalue weighted by atomic mass is 9.84. The molecule has 0 spiro atoms. The summed E-state index contributed by atoms with van der Waals surface area (Å²) in [6, 6.07) is 7.96. The molecule has 2 bridgehead atoms. The number of ether oxygens (including phenoxy) is 1. The summed E-state index contributed by atoms with van der Waals surface area (Å²) in [6.45, 7) is 2.11. The van der Waals surface area contributed by atoms with Crippen molar-refractivity contribution in [3.63, 3.8) is 0 Å². The first-order valence-corrected chi connectivity index (χ1v) is 8.83. The van der Waals surface area contributed by atoms with Crippen LogP contribution < -0.4 is 10.1 Å². The minimum absolute atomic E-state index is 0.0200. The summed E-state index contributed by atoms with van der Waals surface area (Å²) in [7, 11) is 0. The van der Waals surface area contributed by atoms with Gasteiger partial charge in [0.2, 0.25) is 5.88 Å². The van der Waals surface area contributed by atoms with Gasteiger partial charge in [0.15, 0.2) is 6.61 Å². The molecule has 5 nitrogen and oxygen atoms in total. The van der Waals surface area contributed by atoms with Gasteiger partial charge in [-0.2, -0.15) is 5.10 Å². The fourth-order valence-electron chi connectivity index (χ4n) is 4.55. The van der Waals surface area contributed by atoms with Crippen LogP contribution in [0.4, 0.5) is 0 Å². The lowest BCUT2D eigenvalue weighted by Gasteiger charge is -2.28. The Balaban J connectivity index is 1.34. The third kappa shape index (κ3) is 2.95. The Morgan fingerprint density at radius 1 is 1.33 bits per heavy atom. The maximum Gasteiger partial charge on any atom is 0.258 e. The minimum atomic E-state index is -0.0833. The summed E-state index contributed by atoms with van der Waals surface area (Å²) in [6.07, 6.45) is 7.02. The highest BCUT2D eigenvalue weighted by Gasteiger charge is 2.42. The molecule has 24 heavy (non-hydrogen) atoms. The lowest BCUT2D eigenvalue weighted by molar-refractivity contribution is -0.124. The molecule has 2 aromatic rings. The number of aromatic nitrogens is 2. The third-order valence-corrected chi connectivity index (χ3v) is 5.70. The van der Waals surface area contributed by atoms with Crippen LogP contribution in [-0.4, -0.2) is 28.8 Å². The molecule has 4 rings (SSSR count). The van der Waals surface area contributed by atoms with Gasteiger partial charge in [0.1, 0.15) is 0 Å². The highest BCUT2D eigenvalue weighted by atomic mass is 16.5. The molecule has 0 unspecified atom stereocenters. The summed E-state index contributed by atoms with van der Waals surface area (Å²) < 4.78 is 5.62. The Labute approximate surface area is 141 Å². The quantitative estimate of drug-likeness (QED) is 0.918. The number of rotatable bonds is 5. The Bertz CT molecular complexity index is 743. The standard InChI is InChI=1S/C19H23N3O2/c1-12(17-9-13-6-7-14(17)8-13)21-18(23)11-24-19-16-5-3-2-4-15(16)10-20-22-19/h2-5,10,12-14,17H,6-9,11H2,1H3,(H,21,23)/t12-,13+,14+,17-/m0/s1. The number of carbonyl (C=O) groups is 1. The molecule has 2 saturated carbocycles. The first-order valence-electron chi connectivity index (χ1n) is 8.83. The normalized spacial score (nSPS) is 26.5. The average molecular weight is 325 g/mol. The molecule has 2 fully saturated rings. The topological polar surface area (TPSA) is 64.1 Å². The molecule has 0 radical (unpaired) electrons. The molecule has 126 valence electrons. The van der Waals surface area contributed by atoms with Crippen molar-refractivity contribution < 1.29 is 9.53 Å². The molecule has 1 aromatic carbocycles. The van der Waals surface area contributed by atoms with Gasteiger partial charge in [-0.15, -0.1) is 5.10 Å². The number of fused-ring (bicyclic) bond motifs is 3. The van der Waals surface area contributed by atoms with E-state index in [2.05, 4.69) is 22.4 Å². The Morgan fingerprint density at radius 2 is 2.21 bits per heavy atom. The number of nitrogens with zero attached hydrogens (tertiary/aromatic N) is 2. The highest BCUT2D eigenvalue weighted by molar-refractivity contribution is 5.86. The maximum absolute atomic E-state index is 12.2. The molecule has 1 heterocycles. The van der Waals surface area contributed by atoms with Crippen LogP contribution in [0.3, 0.4) is 0 Å². The van der Waals surface area contributed by atoms with Crippen LogP contribution in [-0.2, 0) is 4.79 Å². The van der Waals surface area contributed by atoms with Crippen molar-refractivity contribution in [2.75, 3.05) is 6.61 Å². The molecule has 0 aliphatic heterocycles. The zero-order valence-electron chi connectivity index (χ0n) is 13.9. The summed E-state index contributed by atoms with van der Waals surface area (Å²) in [5.41, 5.74) is 0. The van der Waals surface area contributed by atoms with Gasteiger partial charge in [0.05, 0.1) is 6.20 Å². The molecule has 1 aromatic heterocycles. The zero-order valence-corrected chi connectivity index (χ0v) is 13.9. The van der Waals surface area contributed by atoms with Crippen molar-refractivity contribution in [1.29, 1.82) is 0 Å². The van der Waals surface area contributed by atoms with E-state index >= 15 is 0 Å². The molecule has 2 aliphatic carbocycles. The van der Waals surface area contributed by atoms with Crippen LogP contribution in [0, 0.1) is 17.8 Å². The molecular formula is C19H23N3O2. The van der Waals surface area contributed by atoms with Crippen LogP contribution in [0.1, 0.15) is 32.6 Å². The summed E-state index contributed by atoms with van der Waals surface area (Å²) in [5, 5.41) is 12.9. The zero-order chi connectivity index (χ0) is 16.5. The first kappa shape index (κ1) is 15.4. The molecule has 1 amide bonds. The SMILES string of the molecule is C[C@H](NC(=O)COc1nncc2ccccc12)[C@@H]1C[C@@H]2CC[C@@H]1C2. The van der Waals surface area contributed by atoms with Crippen molar-refractivity contribution in [3.05, 3.63) is 30.5 Å². The van der Waals surface area contributed by atoms with Crippen LogP contribution in [0.15, 0.2) is 30.5 Å². The van der Waals surface area contributed by atoms with E-state index in [1.54, 1.807) is 6.20 Å². The number of nitrogens with one attached hydrogen (secondary N) is 1. The van der Waals surface area contributed by atoms with Crippen LogP contribution in [0.5, 0.6) is 5.88 Å². The van der Waals surface area contributed by atoms with Crippen molar-refractivity contribution in [2.24, 2.45) is 17.8 Å². The largest absolute Gasteiger partial charge is 0.466 e. The molecular weight excluding hydrogens is 302 g/mol. The van der Waals surface area contributed by atoms with Gasteiger partial charge >= 0.3 is 0 Å². The molecule has 4 atom stereocenters. The fraction of sp³-hybridized carbons (Fsp3) is 0.526. The number of carbonyl (C=O) groups excluding carboxylic acids is 1. The summed E-state index contributed by atoms with van der Waals surface area (Å²) in [4.78, 5) is 12.2. The highest BCUT2D eigenvalue weighted by Crippen LogP contribution is 2.49. The monoisotopic (exact) mass is 325 g/mol. The van der Waals surface area contributed by atoms with Crippen molar-refractivity contribution >= 4 is 16.7 Å². The van der Waals surface area contributed by atoms with E-state index in [4.69, 9.17) is 4.74 Å². The number of hydrogen-bond acceptors (Lipinski definition) is 4. The summed E-state index contributed by atoms with van der Waals surface area (Å²) in [5.74, 6) is 2.65. The van der Waals surface area contributed by atoms with E-state index in [9.17, 15) is 4.79 Å². The van der Waals surface area contributed by atoms with Gasteiger partial charge < -0.3 is 10.1 Å². The second-order valence-corrected chi connectivity index (χ2v) is 7.22. The predicted octanol–water partition coefficient (Wildman–Crippen LogP) is 2.95. The number of benzene rings is 1. The lowest BCUT2D eigenvalue weighted by Crippen LogP contribution is -2.42. The van der Waals surface area contributed by atoms with Crippen LogP contribution in [0.2, 0.25) is 0 Å². The van der Waals surface area contributed by atoms with Crippen molar-refractivity contribution in [2.45, 2.75) is 38.6 Å². The second-order valence-electron chi connectivity index (χ2n) is 7.22. The smallest absolute Gasteiger partial charge is 0.258 e. The molecule has 0 saturated heterocycles. The summed E-state index contributed by atoms with van der Waals surface area (Å²) >= 11 is 0. The molecule has 5 heteroatoms. The van der Waals surface area contributed by atoms with E-state index in [0.29, 0.717) is 11.8 Å². The predicted molar refractivity (Wildman–Crippen MR) is 91.6 cm³/mol. The third-order valence-electron chi connectivity index (χ3n) is 5.70. The van der Waals surface area contributed by atoms with Gasteiger partial charge in [0.25, 0.3) is 5.91 Å². The van der Waals surface area contributed by atoms with Gasteiger partial charge in [-0.25, -0.2) is 0 Å². The van der Waals surface area contributed by atoms with E-state index in [-0.39, 0.29) is 18.6 Å². The fourth-order valence-corrected chi connectivity index (χ4v) is 4.55. The number of hydrogen-bond donors (Lipinski definition) is 1. The number of amides is 1. The van der Waals surface area contributed by atoms with E-state index in [0.717, 1.165) is 22.6 Å². The minimum Gasteiger partial charge on any atom is -0.466 e.